The minimum atomic E-state index is 0.272. The number of aromatic nitrogens is 2. The summed E-state index contributed by atoms with van der Waals surface area (Å²) in [5.41, 5.74) is 1.18. The van der Waals surface area contributed by atoms with Gasteiger partial charge in [0.1, 0.15) is 10.0 Å². The molecular weight excluding hydrogens is 341 g/mol. The maximum atomic E-state index is 4.20. The van der Waals surface area contributed by atoms with Crippen molar-refractivity contribution in [3.05, 3.63) is 19.3 Å². The van der Waals surface area contributed by atoms with Gasteiger partial charge in [0.05, 0.1) is 8.93 Å². The Bertz CT molecular complexity index is 452. The summed E-state index contributed by atoms with van der Waals surface area (Å²) >= 11 is 5.70. The fourth-order valence-electron chi connectivity index (χ4n) is 1.07. The standard InChI is InChI=1S/C9H10IN3S2/c1-5(11-2)8-12-13-9(15-8)6-3-7(10)14-4-6/h3-5,11H,1-2H3. The molecule has 1 N–H and O–H groups in total. The Morgan fingerprint density at radius 2 is 2.27 bits per heavy atom. The van der Waals surface area contributed by atoms with Crippen molar-refractivity contribution in [3.8, 4) is 10.6 Å². The molecule has 80 valence electrons. The van der Waals surface area contributed by atoms with Crippen LogP contribution in [0.3, 0.4) is 0 Å². The summed E-state index contributed by atoms with van der Waals surface area (Å²) in [6.07, 6.45) is 0. The Kier molecular flexibility index (Phi) is 3.70. The van der Waals surface area contributed by atoms with Crippen LogP contribution < -0.4 is 5.32 Å². The fraction of sp³-hybridized carbons (Fsp3) is 0.333. The highest BCUT2D eigenvalue weighted by Crippen LogP contribution is 2.30. The van der Waals surface area contributed by atoms with E-state index in [9.17, 15) is 0 Å². The highest BCUT2D eigenvalue weighted by Gasteiger charge is 2.12. The molecule has 1 atom stereocenters. The molecule has 6 heteroatoms. The molecule has 0 aliphatic rings. The zero-order valence-corrected chi connectivity index (χ0v) is 12.1. The second-order valence-electron chi connectivity index (χ2n) is 3.10. The van der Waals surface area contributed by atoms with Crippen LogP contribution >= 0.6 is 45.3 Å². The van der Waals surface area contributed by atoms with Crippen LogP contribution in [-0.4, -0.2) is 17.2 Å². The van der Waals surface area contributed by atoms with Crippen LogP contribution in [0.2, 0.25) is 0 Å². The van der Waals surface area contributed by atoms with Gasteiger partial charge < -0.3 is 5.32 Å². The predicted octanol–water partition coefficient (Wildman–Crippen LogP) is 3.15. The highest BCUT2D eigenvalue weighted by molar-refractivity contribution is 14.1. The summed E-state index contributed by atoms with van der Waals surface area (Å²) in [5, 5.41) is 15.7. The Morgan fingerprint density at radius 1 is 1.47 bits per heavy atom. The van der Waals surface area contributed by atoms with Crippen molar-refractivity contribution in [1.29, 1.82) is 0 Å². The van der Waals surface area contributed by atoms with Gasteiger partial charge in [0.15, 0.2) is 0 Å². The van der Waals surface area contributed by atoms with Gasteiger partial charge in [-0.15, -0.1) is 21.5 Å². The van der Waals surface area contributed by atoms with E-state index in [1.165, 1.54) is 8.45 Å². The van der Waals surface area contributed by atoms with Gasteiger partial charge in [0.2, 0.25) is 0 Å². The van der Waals surface area contributed by atoms with Crippen LogP contribution in [0.15, 0.2) is 11.4 Å². The molecule has 3 nitrogen and oxygen atoms in total. The van der Waals surface area contributed by atoms with Crippen molar-refractivity contribution in [2.45, 2.75) is 13.0 Å². The summed E-state index contributed by atoms with van der Waals surface area (Å²) in [4.78, 5) is 0. The summed E-state index contributed by atoms with van der Waals surface area (Å²) in [7, 11) is 1.93. The van der Waals surface area contributed by atoms with E-state index in [-0.39, 0.29) is 6.04 Å². The highest BCUT2D eigenvalue weighted by atomic mass is 127. The van der Waals surface area contributed by atoms with E-state index < -0.39 is 0 Å². The maximum absolute atomic E-state index is 4.20. The Balaban J connectivity index is 2.27. The van der Waals surface area contributed by atoms with Crippen molar-refractivity contribution in [1.82, 2.24) is 15.5 Å². The molecule has 0 saturated heterocycles. The number of nitrogens with zero attached hydrogens (tertiary/aromatic N) is 2. The first-order valence-corrected chi connectivity index (χ1v) is 7.23. The molecule has 0 bridgehead atoms. The summed E-state index contributed by atoms with van der Waals surface area (Å²) in [5.74, 6) is 0. The zero-order valence-electron chi connectivity index (χ0n) is 8.32. The summed E-state index contributed by atoms with van der Waals surface area (Å²) in [6.45, 7) is 2.08. The Labute approximate surface area is 110 Å². The summed E-state index contributed by atoms with van der Waals surface area (Å²) < 4.78 is 1.28. The molecule has 2 aromatic rings. The van der Waals surface area contributed by atoms with Crippen LogP contribution in [0.5, 0.6) is 0 Å². The molecule has 0 amide bonds. The van der Waals surface area contributed by atoms with E-state index in [1.54, 1.807) is 22.7 Å². The SMILES string of the molecule is CNC(C)c1nnc(-c2csc(I)c2)s1. The van der Waals surface area contributed by atoms with E-state index in [2.05, 4.69) is 56.5 Å². The zero-order chi connectivity index (χ0) is 10.8. The van der Waals surface area contributed by atoms with Crippen molar-refractivity contribution in [2.75, 3.05) is 7.05 Å². The van der Waals surface area contributed by atoms with Crippen LogP contribution in [0, 0.1) is 2.88 Å². The molecule has 2 rings (SSSR count). The monoisotopic (exact) mass is 351 g/mol. The molecule has 0 aromatic carbocycles. The molecule has 2 aromatic heterocycles. The average Bonchev–Trinajstić information content (AvgIpc) is 2.84. The van der Waals surface area contributed by atoms with Gasteiger partial charge in [-0.3, -0.25) is 0 Å². The number of hydrogen-bond acceptors (Lipinski definition) is 5. The van der Waals surface area contributed by atoms with Crippen molar-refractivity contribution < 1.29 is 0 Å². The quantitative estimate of drug-likeness (QED) is 0.864. The van der Waals surface area contributed by atoms with Gasteiger partial charge in [-0.1, -0.05) is 11.3 Å². The van der Waals surface area contributed by atoms with Crippen LogP contribution in [-0.2, 0) is 0 Å². The van der Waals surface area contributed by atoms with Crippen LogP contribution in [0.4, 0.5) is 0 Å². The molecule has 0 aliphatic heterocycles. The van der Waals surface area contributed by atoms with Crippen molar-refractivity contribution >= 4 is 45.3 Å². The van der Waals surface area contributed by atoms with E-state index in [0.29, 0.717) is 0 Å². The van der Waals surface area contributed by atoms with Gasteiger partial charge in [-0.05, 0) is 42.6 Å². The first-order valence-electron chi connectivity index (χ1n) is 4.45. The lowest BCUT2D eigenvalue weighted by Crippen LogP contribution is -2.11. The Hall–Kier alpha value is -0.0500. The lowest BCUT2D eigenvalue weighted by molar-refractivity contribution is 0.640. The van der Waals surface area contributed by atoms with Crippen molar-refractivity contribution in [2.24, 2.45) is 0 Å². The average molecular weight is 351 g/mol. The molecule has 0 saturated carbocycles. The van der Waals surface area contributed by atoms with E-state index >= 15 is 0 Å². The van der Waals surface area contributed by atoms with E-state index in [0.717, 1.165) is 10.0 Å². The van der Waals surface area contributed by atoms with Crippen LogP contribution in [0.25, 0.3) is 10.6 Å². The number of thiophene rings is 1. The van der Waals surface area contributed by atoms with Gasteiger partial charge in [0.25, 0.3) is 0 Å². The topological polar surface area (TPSA) is 37.8 Å². The van der Waals surface area contributed by atoms with Gasteiger partial charge in [0, 0.05) is 10.9 Å². The second kappa shape index (κ2) is 4.86. The molecule has 2 heterocycles. The first-order chi connectivity index (χ1) is 7.20. The first kappa shape index (κ1) is 11.4. The maximum Gasteiger partial charge on any atom is 0.148 e. The molecule has 0 fully saturated rings. The molecule has 0 radical (unpaired) electrons. The van der Waals surface area contributed by atoms with E-state index in [4.69, 9.17) is 0 Å². The number of rotatable bonds is 3. The number of halogens is 1. The van der Waals surface area contributed by atoms with Crippen LogP contribution in [0.1, 0.15) is 18.0 Å². The third kappa shape index (κ3) is 2.55. The third-order valence-electron chi connectivity index (χ3n) is 2.06. The van der Waals surface area contributed by atoms with Crippen molar-refractivity contribution in [3.63, 3.8) is 0 Å². The van der Waals surface area contributed by atoms with Gasteiger partial charge in [-0.25, -0.2) is 0 Å². The predicted molar refractivity (Wildman–Crippen MR) is 73.4 cm³/mol. The molecule has 15 heavy (non-hydrogen) atoms. The van der Waals surface area contributed by atoms with Gasteiger partial charge in [-0.2, -0.15) is 0 Å². The second-order valence-corrected chi connectivity index (χ2v) is 6.91. The molecular formula is C9H10IN3S2. The lowest BCUT2D eigenvalue weighted by atomic mass is 10.4. The minimum Gasteiger partial charge on any atom is -0.311 e. The normalized spacial score (nSPS) is 13.0. The number of hydrogen-bond donors (Lipinski definition) is 1. The fourth-order valence-corrected chi connectivity index (χ4v) is 3.37. The molecule has 0 aliphatic carbocycles. The molecule has 1 unspecified atom stereocenters. The third-order valence-corrected chi connectivity index (χ3v) is 5.00. The van der Waals surface area contributed by atoms with Gasteiger partial charge >= 0.3 is 0 Å². The largest absolute Gasteiger partial charge is 0.311 e. The lowest BCUT2D eigenvalue weighted by Gasteiger charge is -2.02. The number of nitrogens with one attached hydrogen (secondary N) is 1. The molecule has 0 spiro atoms. The minimum absolute atomic E-state index is 0.272. The van der Waals surface area contributed by atoms with E-state index in [1.807, 2.05) is 7.05 Å². The smallest absolute Gasteiger partial charge is 0.148 e. The Morgan fingerprint density at radius 3 is 2.87 bits per heavy atom. The summed E-state index contributed by atoms with van der Waals surface area (Å²) in [6, 6.07) is 2.41.